The van der Waals surface area contributed by atoms with Crippen molar-refractivity contribution >= 4 is 17.2 Å². The molecule has 0 unspecified atom stereocenters. The monoisotopic (exact) mass is 303 g/mol. The third-order valence-corrected chi connectivity index (χ3v) is 3.60. The fraction of sp³-hybridized carbons (Fsp3) is 0.133. The molecule has 2 rings (SSSR count). The number of hydrogen-bond donors (Lipinski definition) is 4. The number of nitrogens with one attached hydrogen (secondary N) is 1. The number of phenolic OH excluding ortho intramolecular Hbond substituents is 2. The van der Waals surface area contributed by atoms with Crippen LogP contribution in [-0.2, 0) is 6.54 Å². The molecule has 1 amide bonds. The SMILES string of the molecule is O=C(NCc1ccc(C#CCO)s1)c1cc(O)ccc1O. The summed E-state index contributed by atoms with van der Waals surface area (Å²) in [6, 6.07) is 7.40. The van der Waals surface area contributed by atoms with Gasteiger partial charge in [-0.3, -0.25) is 4.79 Å². The zero-order valence-electron chi connectivity index (χ0n) is 11.0. The lowest BCUT2D eigenvalue weighted by molar-refractivity contribution is 0.0948. The van der Waals surface area contributed by atoms with Crippen LogP contribution in [0.3, 0.4) is 0 Å². The van der Waals surface area contributed by atoms with Gasteiger partial charge in [0.1, 0.15) is 18.1 Å². The smallest absolute Gasteiger partial charge is 0.255 e. The topological polar surface area (TPSA) is 89.8 Å². The van der Waals surface area contributed by atoms with Crippen LogP contribution in [0.25, 0.3) is 0 Å². The summed E-state index contributed by atoms with van der Waals surface area (Å²) in [6.45, 7) is 0.0974. The zero-order valence-corrected chi connectivity index (χ0v) is 11.8. The number of carbonyl (C=O) groups excluding carboxylic acids is 1. The second kappa shape index (κ2) is 6.79. The van der Waals surface area contributed by atoms with Crippen molar-refractivity contribution < 1.29 is 20.1 Å². The van der Waals surface area contributed by atoms with Crippen molar-refractivity contribution in [2.24, 2.45) is 0 Å². The molecule has 0 aliphatic carbocycles. The number of hydrogen-bond acceptors (Lipinski definition) is 5. The average molecular weight is 303 g/mol. The van der Waals surface area contributed by atoms with Crippen LogP contribution in [0.1, 0.15) is 20.1 Å². The summed E-state index contributed by atoms with van der Waals surface area (Å²) in [5, 5.41) is 30.2. The number of thiophene rings is 1. The highest BCUT2D eigenvalue weighted by Crippen LogP contribution is 2.22. The molecule has 0 aliphatic rings. The lowest BCUT2D eigenvalue weighted by Gasteiger charge is -2.06. The van der Waals surface area contributed by atoms with E-state index in [0.717, 1.165) is 9.75 Å². The molecule has 108 valence electrons. The second-order valence-corrected chi connectivity index (χ2v) is 5.28. The van der Waals surface area contributed by atoms with Gasteiger partial charge in [-0.2, -0.15) is 0 Å². The van der Waals surface area contributed by atoms with Gasteiger partial charge in [-0.05, 0) is 30.3 Å². The number of amides is 1. The van der Waals surface area contributed by atoms with E-state index in [0.29, 0.717) is 6.54 Å². The normalized spacial score (nSPS) is 9.76. The number of aromatic hydroxyl groups is 2. The van der Waals surface area contributed by atoms with Crippen LogP contribution in [0.15, 0.2) is 30.3 Å². The Kier molecular flexibility index (Phi) is 4.82. The van der Waals surface area contributed by atoms with Crippen molar-refractivity contribution in [1.82, 2.24) is 5.32 Å². The van der Waals surface area contributed by atoms with Crippen molar-refractivity contribution in [3.8, 4) is 23.3 Å². The summed E-state index contributed by atoms with van der Waals surface area (Å²) in [4.78, 5) is 13.6. The summed E-state index contributed by atoms with van der Waals surface area (Å²) >= 11 is 1.41. The summed E-state index contributed by atoms with van der Waals surface area (Å²) in [6.07, 6.45) is 0. The fourth-order valence-corrected chi connectivity index (χ4v) is 2.46. The van der Waals surface area contributed by atoms with E-state index in [1.54, 1.807) is 6.07 Å². The first-order valence-electron chi connectivity index (χ1n) is 6.09. The molecule has 0 aliphatic heterocycles. The molecule has 0 spiro atoms. The van der Waals surface area contributed by atoms with Gasteiger partial charge in [-0.15, -0.1) is 11.3 Å². The maximum absolute atomic E-state index is 11.9. The number of aliphatic hydroxyl groups is 1. The molecule has 0 radical (unpaired) electrons. The van der Waals surface area contributed by atoms with E-state index in [1.165, 1.54) is 29.5 Å². The van der Waals surface area contributed by atoms with Gasteiger partial charge < -0.3 is 20.6 Å². The van der Waals surface area contributed by atoms with Gasteiger partial charge in [-0.25, -0.2) is 0 Å². The van der Waals surface area contributed by atoms with E-state index in [4.69, 9.17) is 5.11 Å². The molecule has 4 N–H and O–H groups in total. The predicted octanol–water partition coefficient (Wildman–Crippen LogP) is 1.43. The quantitative estimate of drug-likeness (QED) is 0.510. The third kappa shape index (κ3) is 3.99. The van der Waals surface area contributed by atoms with Gasteiger partial charge in [0.25, 0.3) is 5.91 Å². The van der Waals surface area contributed by atoms with Crippen LogP contribution in [0.4, 0.5) is 0 Å². The summed E-state index contributed by atoms with van der Waals surface area (Å²) in [7, 11) is 0. The van der Waals surface area contributed by atoms with Crippen molar-refractivity contribution in [2.75, 3.05) is 6.61 Å². The van der Waals surface area contributed by atoms with Gasteiger partial charge >= 0.3 is 0 Å². The van der Waals surface area contributed by atoms with Crippen LogP contribution < -0.4 is 5.32 Å². The van der Waals surface area contributed by atoms with Gasteiger partial charge in [0.05, 0.1) is 17.0 Å². The summed E-state index contributed by atoms with van der Waals surface area (Å²) < 4.78 is 0. The van der Waals surface area contributed by atoms with E-state index in [-0.39, 0.29) is 23.7 Å². The Balaban J connectivity index is 2.01. The molecule has 21 heavy (non-hydrogen) atoms. The maximum atomic E-state index is 11.9. The molecule has 0 atom stereocenters. The van der Waals surface area contributed by atoms with Crippen molar-refractivity contribution in [3.05, 3.63) is 45.6 Å². The summed E-state index contributed by atoms with van der Waals surface area (Å²) in [5.74, 6) is 4.58. The van der Waals surface area contributed by atoms with Crippen LogP contribution in [0, 0.1) is 11.8 Å². The minimum absolute atomic E-state index is 0.0202. The molecule has 2 aromatic rings. The maximum Gasteiger partial charge on any atom is 0.255 e. The highest BCUT2D eigenvalue weighted by molar-refractivity contribution is 7.12. The van der Waals surface area contributed by atoms with E-state index in [2.05, 4.69) is 17.2 Å². The number of aliphatic hydroxyl groups excluding tert-OH is 1. The van der Waals surface area contributed by atoms with Crippen molar-refractivity contribution in [3.63, 3.8) is 0 Å². The summed E-state index contributed by atoms with van der Waals surface area (Å²) in [5.41, 5.74) is 0.0202. The van der Waals surface area contributed by atoms with Crippen molar-refractivity contribution in [2.45, 2.75) is 6.54 Å². The van der Waals surface area contributed by atoms with Crippen LogP contribution in [-0.4, -0.2) is 27.8 Å². The Morgan fingerprint density at radius 1 is 1.24 bits per heavy atom. The average Bonchev–Trinajstić information content (AvgIpc) is 2.93. The van der Waals surface area contributed by atoms with Gasteiger partial charge in [0.2, 0.25) is 0 Å². The number of carbonyl (C=O) groups is 1. The lowest BCUT2D eigenvalue weighted by Crippen LogP contribution is -2.22. The number of rotatable bonds is 3. The van der Waals surface area contributed by atoms with Crippen LogP contribution in [0.5, 0.6) is 11.5 Å². The highest BCUT2D eigenvalue weighted by atomic mass is 32.1. The molecular formula is C15H13NO4S. The zero-order chi connectivity index (χ0) is 15.2. The second-order valence-electron chi connectivity index (χ2n) is 4.11. The standard InChI is InChI=1S/C15H13NO4S/c17-7-1-2-11-4-5-12(21-11)9-16-15(20)13-8-10(18)3-6-14(13)19/h3-6,8,17-19H,7,9H2,(H,16,20). The third-order valence-electron chi connectivity index (χ3n) is 2.60. The predicted molar refractivity (Wildman–Crippen MR) is 79.2 cm³/mol. The first-order chi connectivity index (χ1) is 10.1. The molecule has 1 aromatic heterocycles. The molecule has 1 aromatic carbocycles. The Morgan fingerprint density at radius 2 is 2.05 bits per heavy atom. The number of benzene rings is 1. The van der Waals surface area contributed by atoms with Gasteiger partial charge in [0, 0.05) is 4.88 Å². The van der Waals surface area contributed by atoms with E-state index >= 15 is 0 Å². The molecule has 0 saturated carbocycles. The van der Waals surface area contributed by atoms with E-state index in [1.807, 2.05) is 6.07 Å². The molecular weight excluding hydrogens is 290 g/mol. The minimum Gasteiger partial charge on any atom is -0.508 e. The molecule has 0 fully saturated rings. The van der Waals surface area contributed by atoms with Gasteiger partial charge in [-0.1, -0.05) is 11.8 Å². The highest BCUT2D eigenvalue weighted by Gasteiger charge is 2.12. The first-order valence-corrected chi connectivity index (χ1v) is 6.90. The fourth-order valence-electron chi connectivity index (χ4n) is 1.64. The molecule has 0 bridgehead atoms. The Hall–Kier alpha value is -2.49. The number of phenols is 2. The lowest BCUT2D eigenvalue weighted by atomic mass is 10.2. The molecule has 5 nitrogen and oxygen atoms in total. The Morgan fingerprint density at radius 3 is 2.81 bits per heavy atom. The minimum atomic E-state index is -0.472. The first kappa shape index (κ1) is 14.9. The van der Waals surface area contributed by atoms with Gasteiger partial charge in [0.15, 0.2) is 0 Å². The van der Waals surface area contributed by atoms with Crippen LogP contribution in [0.2, 0.25) is 0 Å². The Labute approximate surface area is 125 Å². The van der Waals surface area contributed by atoms with Crippen LogP contribution >= 0.6 is 11.3 Å². The Bertz CT molecular complexity index is 712. The molecule has 6 heteroatoms. The molecule has 0 saturated heterocycles. The van der Waals surface area contributed by atoms with E-state index in [9.17, 15) is 15.0 Å². The molecule has 1 heterocycles. The van der Waals surface area contributed by atoms with E-state index < -0.39 is 5.91 Å². The van der Waals surface area contributed by atoms with Crippen molar-refractivity contribution in [1.29, 1.82) is 0 Å². The largest absolute Gasteiger partial charge is 0.508 e.